The molecule has 1 unspecified atom stereocenters. The first-order valence-electron chi connectivity index (χ1n) is 5.40. The average molecular weight is 289 g/mol. The van der Waals surface area contributed by atoms with Gasteiger partial charge in [-0.3, -0.25) is 4.79 Å². The maximum Gasteiger partial charge on any atom is 0.331 e. The van der Waals surface area contributed by atoms with Gasteiger partial charge in [-0.25, -0.2) is 4.79 Å². The van der Waals surface area contributed by atoms with E-state index in [1.54, 1.807) is 30.3 Å². The van der Waals surface area contributed by atoms with Crippen LogP contribution in [-0.4, -0.2) is 36.7 Å². The monoisotopic (exact) mass is 288 g/mol. The van der Waals surface area contributed by atoms with Crippen molar-refractivity contribution < 1.29 is 19.4 Å². The molecule has 0 aliphatic heterocycles. The van der Waals surface area contributed by atoms with E-state index >= 15 is 0 Å². The molecule has 0 saturated carbocycles. The third kappa shape index (κ3) is 4.86. The highest BCUT2D eigenvalue weighted by molar-refractivity contribution is 5.86. The Morgan fingerprint density at radius 3 is 2.42 bits per heavy atom. The Morgan fingerprint density at radius 2 is 1.95 bits per heavy atom. The summed E-state index contributed by atoms with van der Waals surface area (Å²) in [5.74, 6) is -1.27. The fraction of sp³-hybridized carbons (Fsp3) is 0.333. The number of methoxy groups -OCH3 is 1. The van der Waals surface area contributed by atoms with Crippen molar-refractivity contribution in [3.8, 4) is 0 Å². The second kappa shape index (κ2) is 8.47. The summed E-state index contributed by atoms with van der Waals surface area (Å²) >= 11 is 0. The van der Waals surface area contributed by atoms with E-state index in [-0.39, 0.29) is 19.0 Å². The Bertz CT molecular complexity index is 413. The topological polar surface area (TPSA) is 102 Å². The number of halogens is 1. The van der Waals surface area contributed by atoms with Crippen molar-refractivity contribution in [3.05, 3.63) is 35.9 Å². The summed E-state index contributed by atoms with van der Waals surface area (Å²) in [6.07, 6.45) is -1.19. The standard InChI is InChI=1S/C12H16N2O4.ClH/c1-18-12(17)10(14-9(15)7-13)11(16)8-5-3-2-4-6-8;/h2-6,10-11,16H,7,13H2,1H3,(H,14,15);1H/t10-,11?;/m0./s1. The van der Waals surface area contributed by atoms with E-state index in [1.807, 2.05) is 0 Å². The Hall–Kier alpha value is -1.63. The molecular formula is C12H17ClN2O4. The van der Waals surface area contributed by atoms with E-state index in [1.165, 1.54) is 7.11 Å². The van der Waals surface area contributed by atoms with Crippen molar-refractivity contribution in [2.24, 2.45) is 5.73 Å². The number of ether oxygens (including phenoxy) is 1. The zero-order chi connectivity index (χ0) is 13.5. The molecule has 2 atom stereocenters. The number of carbonyl (C=O) groups is 2. The third-order valence-electron chi connectivity index (χ3n) is 2.41. The van der Waals surface area contributed by atoms with Gasteiger partial charge < -0.3 is 20.9 Å². The largest absolute Gasteiger partial charge is 0.467 e. The zero-order valence-electron chi connectivity index (χ0n) is 10.4. The van der Waals surface area contributed by atoms with Crippen LogP contribution in [0.3, 0.4) is 0 Å². The molecule has 1 aromatic carbocycles. The lowest BCUT2D eigenvalue weighted by Gasteiger charge is -2.21. The highest BCUT2D eigenvalue weighted by atomic mass is 35.5. The molecule has 0 bridgehead atoms. The molecule has 0 saturated heterocycles. The normalized spacial score (nSPS) is 12.8. The summed E-state index contributed by atoms with van der Waals surface area (Å²) in [6, 6.07) is 7.34. The summed E-state index contributed by atoms with van der Waals surface area (Å²) in [5, 5.41) is 12.4. The number of hydrogen-bond donors (Lipinski definition) is 3. The van der Waals surface area contributed by atoms with E-state index in [4.69, 9.17) is 5.73 Å². The van der Waals surface area contributed by atoms with Gasteiger partial charge in [-0.05, 0) is 5.56 Å². The Morgan fingerprint density at radius 1 is 1.37 bits per heavy atom. The van der Waals surface area contributed by atoms with Crippen LogP contribution in [0.4, 0.5) is 0 Å². The number of benzene rings is 1. The van der Waals surface area contributed by atoms with Crippen LogP contribution in [0.1, 0.15) is 11.7 Å². The van der Waals surface area contributed by atoms with Crippen LogP contribution in [0.2, 0.25) is 0 Å². The number of esters is 1. The van der Waals surface area contributed by atoms with Gasteiger partial charge in [-0.2, -0.15) is 0 Å². The van der Waals surface area contributed by atoms with Gasteiger partial charge in [0.1, 0.15) is 6.10 Å². The average Bonchev–Trinajstić information content (AvgIpc) is 2.43. The number of aliphatic hydroxyl groups is 1. The van der Waals surface area contributed by atoms with E-state index in [9.17, 15) is 14.7 Å². The van der Waals surface area contributed by atoms with Crippen LogP contribution >= 0.6 is 12.4 Å². The van der Waals surface area contributed by atoms with Gasteiger partial charge in [0.15, 0.2) is 6.04 Å². The van der Waals surface area contributed by atoms with Crippen LogP contribution in [-0.2, 0) is 14.3 Å². The smallest absolute Gasteiger partial charge is 0.331 e. The second-order valence-electron chi connectivity index (χ2n) is 3.63. The molecule has 0 heterocycles. The first-order chi connectivity index (χ1) is 8.60. The van der Waals surface area contributed by atoms with Gasteiger partial charge in [-0.15, -0.1) is 12.4 Å². The Balaban J connectivity index is 0.00000324. The van der Waals surface area contributed by atoms with Gasteiger partial charge in [0.25, 0.3) is 0 Å². The quantitative estimate of drug-likeness (QED) is 0.649. The maximum absolute atomic E-state index is 11.5. The maximum atomic E-state index is 11.5. The molecule has 1 amide bonds. The Labute approximate surface area is 117 Å². The number of nitrogens with one attached hydrogen (secondary N) is 1. The number of carbonyl (C=O) groups excluding carboxylic acids is 2. The number of aliphatic hydroxyl groups excluding tert-OH is 1. The first kappa shape index (κ1) is 17.4. The third-order valence-corrected chi connectivity index (χ3v) is 2.41. The minimum Gasteiger partial charge on any atom is -0.467 e. The zero-order valence-corrected chi connectivity index (χ0v) is 11.2. The molecule has 1 rings (SSSR count). The van der Waals surface area contributed by atoms with Crippen molar-refractivity contribution in [2.45, 2.75) is 12.1 Å². The molecule has 0 aromatic heterocycles. The summed E-state index contributed by atoms with van der Waals surface area (Å²) in [7, 11) is 1.18. The highest BCUT2D eigenvalue weighted by Crippen LogP contribution is 2.17. The van der Waals surface area contributed by atoms with Gasteiger partial charge in [0.2, 0.25) is 5.91 Å². The van der Waals surface area contributed by atoms with Gasteiger partial charge in [-0.1, -0.05) is 30.3 Å². The lowest BCUT2D eigenvalue weighted by molar-refractivity contribution is -0.148. The van der Waals surface area contributed by atoms with Crippen molar-refractivity contribution in [1.29, 1.82) is 0 Å². The molecule has 19 heavy (non-hydrogen) atoms. The van der Waals surface area contributed by atoms with Gasteiger partial charge in [0, 0.05) is 0 Å². The predicted octanol–water partition coefficient (Wildman–Crippen LogP) is -0.242. The molecule has 4 N–H and O–H groups in total. The fourth-order valence-electron chi connectivity index (χ4n) is 1.47. The van der Waals surface area contributed by atoms with Crippen LogP contribution in [0, 0.1) is 0 Å². The minimum atomic E-state index is -1.19. The molecule has 0 aliphatic carbocycles. The summed E-state index contributed by atoms with van der Waals surface area (Å²) in [6.45, 7) is -0.269. The molecule has 7 heteroatoms. The first-order valence-corrected chi connectivity index (χ1v) is 5.40. The number of rotatable bonds is 5. The highest BCUT2D eigenvalue weighted by Gasteiger charge is 2.30. The van der Waals surface area contributed by atoms with E-state index in [0.717, 1.165) is 0 Å². The molecule has 0 fully saturated rings. The number of hydrogen-bond acceptors (Lipinski definition) is 5. The molecular weight excluding hydrogens is 272 g/mol. The molecule has 1 aromatic rings. The predicted molar refractivity (Wildman–Crippen MR) is 71.7 cm³/mol. The molecule has 0 spiro atoms. The van der Waals surface area contributed by atoms with Crippen LogP contribution in [0.15, 0.2) is 30.3 Å². The van der Waals surface area contributed by atoms with Crippen molar-refractivity contribution in [3.63, 3.8) is 0 Å². The number of nitrogens with two attached hydrogens (primary N) is 1. The summed E-state index contributed by atoms with van der Waals surface area (Å²) < 4.78 is 4.55. The van der Waals surface area contributed by atoms with Crippen LogP contribution < -0.4 is 11.1 Å². The van der Waals surface area contributed by atoms with Crippen molar-refractivity contribution in [2.75, 3.05) is 13.7 Å². The van der Waals surface area contributed by atoms with E-state index < -0.39 is 24.0 Å². The second-order valence-corrected chi connectivity index (χ2v) is 3.63. The fourth-order valence-corrected chi connectivity index (χ4v) is 1.47. The minimum absolute atomic E-state index is 0. The van der Waals surface area contributed by atoms with Crippen molar-refractivity contribution >= 4 is 24.3 Å². The van der Waals surface area contributed by atoms with Gasteiger partial charge in [0.05, 0.1) is 13.7 Å². The van der Waals surface area contributed by atoms with Gasteiger partial charge >= 0.3 is 5.97 Å². The molecule has 106 valence electrons. The molecule has 6 nitrogen and oxygen atoms in total. The Kier molecular flexibility index (Phi) is 7.74. The molecule has 0 radical (unpaired) electrons. The molecule has 0 aliphatic rings. The van der Waals surface area contributed by atoms with Crippen molar-refractivity contribution in [1.82, 2.24) is 5.32 Å². The summed E-state index contributed by atoms with van der Waals surface area (Å²) in [5.41, 5.74) is 5.66. The van der Waals surface area contributed by atoms with Crippen LogP contribution in [0.5, 0.6) is 0 Å². The number of amides is 1. The van der Waals surface area contributed by atoms with Crippen LogP contribution in [0.25, 0.3) is 0 Å². The lowest BCUT2D eigenvalue weighted by atomic mass is 10.0. The lowest BCUT2D eigenvalue weighted by Crippen LogP contribution is -2.47. The summed E-state index contributed by atoms with van der Waals surface area (Å²) in [4.78, 5) is 22.8. The van der Waals surface area contributed by atoms with E-state index in [0.29, 0.717) is 5.56 Å². The SMILES string of the molecule is COC(=O)[C@@H](NC(=O)CN)C(O)c1ccccc1.Cl. The van der Waals surface area contributed by atoms with E-state index in [2.05, 4.69) is 10.1 Å².